The van der Waals surface area contributed by atoms with E-state index in [9.17, 15) is 4.79 Å². The zero-order chi connectivity index (χ0) is 16.4. The SMILES string of the molecule is O=C(NCc1cnn2ccccc12)c1csc(-c2ccccc2)n1. The van der Waals surface area contributed by atoms with Crippen molar-refractivity contribution >= 4 is 22.8 Å². The topological polar surface area (TPSA) is 59.3 Å². The van der Waals surface area contributed by atoms with Crippen molar-refractivity contribution in [2.24, 2.45) is 0 Å². The quantitative estimate of drug-likeness (QED) is 0.622. The van der Waals surface area contributed by atoms with Crippen LogP contribution in [0.25, 0.3) is 16.1 Å². The largest absolute Gasteiger partial charge is 0.346 e. The molecule has 0 aliphatic heterocycles. The molecule has 0 unspecified atom stereocenters. The van der Waals surface area contributed by atoms with Crippen LogP contribution in [0.5, 0.6) is 0 Å². The third kappa shape index (κ3) is 2.79. The van der Waals surface area contributed by atoms with Crippen LogP contribution >= 0.6 is 11.3 Å². The summed E-state index contributed by atoms with van der Waals surface area (Å²) in [6, 6.07) is 15.7. The molecule has 0 aliphatic carbocycles. The number of nitrogens with one attached hydrogen (secondary N) is 1. The van der Waals surface area contributed by atoms with E-state index in [4.69, 9.17) is 0 Å². The molecule has 3 aromatic heterocycles. The Morgan fingerprint density at radius 3 is 2.83 bits per heavy atom. The Balaban J connectivity index is 1.48. The fraction of sp³-hybridized carbons (Fsp3) is 0.0556. The monoisotopic (exact) mass is 334 g/mol. The van der Waals surface area contributed by atoms with Crippen LogP contribution < -0.4 is 5.32 Å². The minimum Gasteiger partial charge on any atom is -0.346 e. The molecule has 0 radical (unpaired) electrons. The first kappa shape index (κ1) is 14.6. The van der Waals surface area contributed by atoms with Crippen LogP contribution in [0.2, 0.25) is 0 Å². The first-order chi connectivity index (χ1) is 11.8. The van der Waals surface area contributed by atoms with Gasteiger partial charge in [-0.15, -0.1) is 11.3 Å². The molecular formula is C18H14N4OS. The van der Waals surface area contributed by atoms with Gasteiger partial charge in [-0.25, -0.2) is 9.50 Å². The summed E-state index contributed by atoms with van der Waals surface area (Å²) in [6.45, 7) is 0.421. The van der Waals surface area contributed by atoms with Gasteiger partial charge in [-0.05, 0) is 12.1 Å². The van der Waals surface area contributed by atoms with E-state index in [1.165, 1.54) is 11.3 Å². The molecule has 3 heterocycles. The predicted octanol–water partition coefficient (Wildman–Crippen LogP) is 3.39. The molecule has 118 valence electrons. The minimum absolute atomic E-state index is 0.177. The van der Waals surface area contributed by atoms with E-state index >= 15 is 0 Å². The highest BCUT2D eigenvalue weighted by molar-refractivity contribution is 7.13. The van der Waals surface area contributed by atoms with Crippen molar-refractivity contribution in [3.63, 3.8) is 0 Å². The van der Waals surface area contributed by atoms with Crippen molar-refractivity contribution in [3.8, 4) is 10.6 Å². The first-order valence-corrected chi connectivity index (χ1v) is 8.39. The maximum atomic E-state index is 12.3. The molecule has 0 spiro atoms. The molecule has 6 heteroatoms. The maximum Gasteiger partial charge on any atom is 0.271 e. The van der Waals surface area contributed by atoms with Gasteiger partial charge in [-0.3, -0.25) is 4.79 Å². The molecule has 24 heavy (non-hydrogen) atoms. The molecule has 0 bridgehead atoms. The molecule has 0 saturated carbocycles. The van der Waals surface area contributed by atoms with E-state index < -0.39 is 0 Å². The summed E-state index contributed by atoms with van der Waals surface area (Å²) in [5.41, 5.74) is 3.42. The summed E-state index contributed by atoms with van der Waals surface area (Å²) >= 11 is 1.47. The highest BCUT2D eigenvalue weighted by Gasteiger charge is 2.12. The summed E-state index contributed by atoms with van der Waals surface area (Å²) in [5, 5.41) is 9.80. The van der Waals surface area contributed by atoms with Gasteiger partial charge in [-0.2, -0.15) is 5.10 Å². The lowest BCUT2D eigenvalue weighted by Gasteiger charge is -2.02. The summed E-state index contributed by atoms with van der Waals surface area (Å²) in [4.78, 5) is 16.8. The fourth-order valence-electron chi connectivity index (χ4n) is 2.48. The molecule has 4 aromatic rings. The Bertz CT molecular complexity index is 990. The Morgan fingerprint density at radius 1 is 1.12 bits per heavy atom. The lowest BCUT2D eigenvalue weighted by molar-refractivity contribution is 0.0947. The predicted molar refractivity (Wildman–Crippen MR) is 93.9 cm³/mol. The van der Waals surface area contributed by atoms with Crippen molar-refractivity contribution in [1.82, 2.24) is 19.9 Å². The maximum absolute atomic E-state index is 12.3. The third-order valence-electron chi connectivity index (χ3n) is 3.70. The smallest absolute Gasteiger partial charge is 0.271 e. The van der Waals surface area contributed by atoms with Crippen molar-refractivity contribution < 1.29 is 4.79 Å². The van der Waals surface area contributed by atoms with Crippen molar-refractivity contribution in [3.05, 3.63) is 77.6 Å². The highest BCUT2D eigenvalue weighted by Crippen LogP contribution is 2.23. The number of rotatable bonds is 4. The number of hydrogen-bond donors (Lipinski definition) is 1. The molecule has 0 atom stereocenters. The van der Waals surface area contributed by atoms with Gasteiger partial charge in [0.1, 0.15) is 10.7 Å². The van der Waals surface area contributed by atoms with Gasteiger partial charge in [0.05, 0.1) is 11.7 Å². The lowest BCUT2D eigenvalue weighted by atomic mass is 10.2. The molecule has 0 fully saturated rings. The van der Waals surface area contributed by atoms with Gasteiger partial charge in [0.15, 0.2) is 0 Å². The van der Waals surface area contributed by atoms with Gasteiger partial charge in [0, 0.05) is 29.2 Å². The van der Waals surface area contributed by atoms with Crippen LogP contribution in [0.15, 0.2) is 66.3 Å². The van der Waals surface area contributed by atoms with Gasteiger partial charge < -0.3 is 5.32 Å². The second-order valence-corrected chi connectivity index (χ2v) is 6.14. The van der Waals surface area contributed by atoms with Crippen LogP contribution in [0.4, 0.5) is 0 Å². The summed E-state index contributed by atoms with van der Waals surface area (Å²) in [6.07, 6.45) is 3.65. The Hall–Kier alpha value is -2.99. The summed E-state index contributed by atoms with van der Waals surface area (Å²) < 4.78 is 1.79. The van der Waals surface area contributed by atoms with Gasteiger partial charge in [-0.1, -0.05) is 36.4 Å². The number of pyridine rings is 1. The van der Waals surface area contributed by atoms with E-state index in [1.54, 1.807) is 16.1 Å². The molecule has 1 amide bonds. The fourth-order valence-corrected chi connectivity index (χ4v) is 3.29. The van der Waals surface area contributed by atoms with E-state index in [1.807, 2.05) is 54.7 Å². The van der Waals surface area contributed by atoms with Crippen LogP contribution in [-0.4, -0.2) is 20.5 Å². The zero-order valence-corrected chi connectivity index (χ0v) is 13.5. The number of amides is 1. The van der Waals surface area contributed by atoms with Crippen LogP contribution in [0, 0.1) is 0 Å². The number of carbonyl (C=O) groups is 1. The van der Waals surface area contributed by atoms with Crippen molar-refractivity contribution in [2.45, 2.75) is 6.54 Å². The average molecular weight is 334 g/mol. The van der Waals surface area contributed by atoms with Gasteiger partial charge in [0.2, 0.25) is 0 Å². The standard InChI is InChI=1S/C18H14N4OS/c23-17(15-12-24-18(21-15)13-6-2-1-3-7-13)19-10-14-11-20-22-9-5-4-8-16(14)22/h1-9,11-12H,10H2,(H,19,23). The van der Waals surface area contributed by atoms with Crippen LogP contribution in [-0.2, 0) is 6.54 Å². The molecule has 0 saturated heterocycles. The molecule has 1 N–H and O–H groups in total. The van der Waals surface area contributed by atoms with Crippen molar-refractivity contribution in [1.29, 1.82) is 0 Å². The van der Waals surface area contributed by atoms with Crippen molar-refractivity contribution in [2.75, 3.05) is 0 Å². The number of aromatic nitrogens is 3. The van der Waals surface area contributed by atoms with Crippen LogP contribution in [0.3, 0.4) is 0 Å². The molecule has 5 nitrogen and oxygen atoms in total. The van der Waals surface area contributed by atoms with Gasteiger partial charge >= 0.3 is 0 Å². The number of benzene rings is 1. The normalized spacial score (nSPS) is 10.8. The molecular weight excluding hydrogens is 320 g/mol. The Labute approximate surface area is 142 Å². The second kappa shape index (κ2) is 6.25. The number of nitrogens with zero attached hydrogens (tertiary/aromatic N) is 3. The highest BCUT2D eigenvalue weighted by atomic mass is 32.1. The van der Waals surface area contributed by atoms with E-state index in [0.29, 0.717) is 12.2 Å². The number of fused-ring (bicyclic) bond motifs is 1. The van der Waals surface area contributed by atoms with E-state index in [2.05, 4.69) is 15.4 Å². The number of thiazole rings is 1. The zero-order valence-electron chi connectivity index (χ0n) is 12.7. The van der Waals surface area contributed by atoms with E-state index in [0.717, 1.165) is 21.7 Å². The van der Waals surface area contributed by atoms with E-state index in [-0.39, 0.29) is 5.91 Å². The second-order valence-electron chi connectivity index (χ2n) is 5.29. The average Bonchev–Trinajstić information content (AvgIpc) is 3.28. The third-order valence-corrected chi connectivity index (χ3v) is 4.59. The molecule has 1 aromatic carbocycles. The lowest BCUT2D eigenvalue weighted by Crippen LogP contribution is -2.23. The minimum atomic E-state index is -0.177. The van der Waals surface area contributed by atoms with Gasteiger partial charge in [0.25, 0.3) is 5.91 Å². The Morgan fingerprint density at radius 2 is 1.96 bits per heavy atom. The summed E-state index contributed by atoms with van der Waals surface area (Å²) in [5.74, 6) is -0.177. The molecule has 0 aliphatic rings. The molecule has 4 rings (SSSR count). The number of hydrogen-bond acceptors (Lipinski definition) is 4. The van der Waals surface area contributed by atoms with Crippen LogP contribution in [0.1, 0.15) is 16.1 Å². The first-order valence-electron chi connectivity index (χ1n) is 7.51. The Kier molecular flexibility index (Phi) is 3.80. The summed E-state index contributed by atoms with van der Waals surface area (Å²) in [7, 11) is 0. The number of carbonyl (C=O) groups excluding carboxylic acids is 1.